The summed E-state index contributed by atoms with van der Waals surface area (Å²) in [5.74, 6) is -0.668. The smallest absolute Gasteiger partial charge is 0.393 e. The molecular weight excluding hydrogens is 581 g/mol. The fourth-order valence-electron chi connectivity index (χ4n) is 7.78. The van der Waals surface area contributed by atoms with Crippen LogP contribution >= 0.6 is 0 Å². The molecule has 4 atom stereocenters. The number of alkyl halides is 3. The van der Waals surface area contributed by atoms with Crippen LogP contribution in [0.1, 0.15) is 97.8 Å². The molecule has 9 heteroatoms. The molecule has 1 aliphatic heterocycles. The second-order valence-corrected chi connectivity index (χ2v) is 13.6. The molecule has 2 aromatic carbocycles. The van der Waals surface area contributed by atoms with E-state index in [-0.39, 0.29) is 17.4 Å². The molecule has 0 unspecified atom stereocenters. The minimum atomic E-state index is -4.58. The molecule has 1 heterocycles. The first-order valence-electron chi connectivity index (χ1n) is 16.1. The van der Waals surface area contributed by atoms with Gasteiger partial charge in [-0.05, 0) is 87.1 Å². The second-order valence-electron chi connectivity index (χ2n) is 13.6. The van der Waals surface area contributed by atoms with Crippen molar-refractivity contribution in [3.8, 4) is 0 Å². The second kappa shape index (κ2) is 13.0. The fraction of sp³-hybridized carbons (Fsp3) is 0.556. The molecule has 2 N–H and O–H groups in total. The third-order valence-corrected chi connectivity index (χ3v) is 10.7. The first kappa shape index (κ1) is 33.4. The zero-order valence-electron chi connectivity index (χ0n) is 26.5. The van der Waals surface area contributed by atoms with E-state index in [2.05, 4.69) is 24.8 Å². The Morgan fingerprint density at radius 2 is 1.76 bits per heavy atom. The monoisotopic (exact) mass is 626 g/mol. The molecular formula is C36H45F3N2O4. The molecule has 2 aromatic rings. The van der Waals surface area contributed by atoms with E-state index in [0.717, 1.165) is 29.7 Å². The number of hydrogen-bond acceptors (Lipinski definition) is 5. The largest absolute Gasteiger partial charge is 0.416 e. The number of β-amino-alcohol motifs (C(OH)–C–C–N with tert-alkyl or cyclic N) is 1. The van der Waals surface area contributed by atoms with Crippen molar-refractivity contribution in [3.05, 3.63) is 81.9 Å². The number of nitrogens with zero attached hydrogens (tertiary/aromatic N) is 2. The zero-order valence-corrected chi connectivity index (χ0v) is 26.5. The highest BCUT2D eigenvalue weighted by molar-refractivity contribution is 6.10. The van der Waals surface area contributed by atoms with Crippen molar-refractivity contribution in [3.63, 3.8) is 0 Å². The molecule has 244 valence electrons. The summed E-state index contributed by atoms with van der Waals surface area (Å²) in [6, 6.07) is 10.1. The first-order chi connectivity index (χ1) is 21.2. The lowest BCUT2D eigenvalue weighted by molar-refractivity contribution is -0.137. The number of piperazine rings is 1. The minimum absolute atomic E-state index is 0.0400. The zero-order chi connectivity index (χ0) is 32.6. The lowest BCUT2D eigenvalue weighted by Gasteiger charge is -2.47. The van der Waals surface area contributed by atoms with E-state index in [1.54, 1.807) is 13.0 Å². The highest BCUT2D eigenvalue weighted by atomic mass is 19.4. The number of benzene rings is 2. The van der Waals surface area contributed by atoms with Crippen molar-refractivity contribution < 1.29 is 33.0 Å². The number of ketones is 1. The van der Waals surface area contributed by atoms with Crippen molar-refractivity contribution in [2.24, 2.45) is 5.41 Å². The molecule has 0 radical (unpaired) electrons. The van der Waals surface area contributed by atoms with Gasteiger partial charge in [-0.15, -0.1) is 0 Å². The quantitative estimate of drug-likeness (QED) is 0.315. The summed E-state index contributed by atoms with van der Waals surface area (Å²) in [4.78, 5) is 30.0. The summed E-state index contributed by atoms with van der Waals surface area (Å²) in [5.41, 5.74) is 0.348. The van der Waals surface area contributed by atoms with Crippen molar-refractivity contribution in [2.75, 3.05) is 32.7 Å². The van der Waals surface area contributed by atoms with Crippen LogP contribution in [-0.2, 0) is 17.4 Å². The number of fused-ring (bicyclic) bond motifs is 8. The van der Waals surface area contributed by atoms with Gasteiger partial charge in [0.15, 0.2) is 5.78 Å². The number of rotatable bonds is 4. The standard InChI is InChI=1S/C36H45F3N2O4/c1-24-6-5-14-34(3)32(13-15-35(34,45)23-40-16-18-41(19-17-40)25(2)42)30-12-10-26(20-29(43)11-9-24)21-31(30)33(44)27-7-4-8-28(22-27)36(37,38)39/h4,6-8,10,12,21-22,29,32,43,45H,5,9,11,13-20,23H2,1-3H3/t29-,32-,34-,35+/m0/s1. The van der Waals surface area contributed by atoms with E-state index in [1.807, 2.05) is 17.0 Å². The summed E-state index contributed by atoms with van der Waals surface area (Å²) >= 11 is 0. The third-order valence-electron chi connectivity index (χ3n) is 10.7. The predicted octanol–water partition coefficient (Wildman–Crippen LogP) is 6.14. The highest BCUT2D eigenvalue weighted by Gasteiger charge is 2.57. The van der Waals surface area contributed by atoms with Crippen LogP contribution in [0.25, 0.3) is 0 Å². The number of halogens is 3. The SMILES string of the molecule is CC(=O)N1CCN(C[C@]2(O)CC[C@H]3c4ccc(cc4C(=O)c4cccc(C(F)(F)F)c4)C[C@@H](O)CCC(C)=CCC[C@@]32C)CC1. The number of carbonyl (C=O) groups is 2. The van der Waals surface area contributed by atoms with Gasteiger partial charge in [-0.25, -0.2) is 0 Å². The van der Waals surface area contributed by atoms with Gasteiger partial charge in [-0.2, -0.15) is 13.2 Å². The topological polar surface area (TPSA) is 81.1 Å². The molecule has 0 aromatic heterocycles. The van der Waals surface area contributed by atoms with Gasteiger partial charge in [0, 0.05) is 56.2 Å². The number of allylic oxidation sites excluding steroid dienone is 2. The van der Waals surface area contributed by atoms with Crippen LogP contribution in [0, 0.1) is 5.41 Å². The molecule has 1 saturated carbocycles. The number of carbonyl (C=O) groups excluding carboxylic acids is 2. The Balaban J connectivity index is 1.56. The van der Waals surface area contributed by atoms with Crippen LogP contribution in [0.3, 0.4) is 0 Å². The molecule has 0 spiro atoms. The molecule has 45 heavy (non-hydrogen) atoms. The van der Waals surface area contributed by atoms with Crippen molar-refractivity contribution in [1.82, 2.24) is 9.80 Å². The van der Waals surface area contributed by atoms with Gasteiger partial charge in [0.05, 0.1) is 17.3 Å². The summed E-state index contributed by atoms with van der Waals surface area (Å²) in [6.07, 6.45) is 1.08. The molecule has 2 bridgehead atoms. The summed E-state index contributed by atoms with van der Waals surface area (Å²) in [5, 5.41) is 23.3. The Bertz CT molecular complexity index is 1450. The van der Waals surface area contributed by atoms with Crippen molar-refractivity contribution in [2.45, 2.75) is 89.5 Å². The Kier molecular flexibility index (Phi) is 9.64. The maximum Gasteiger partial charge on any atom is 0.416 e. The molecule has 1 saturated heterocycles. The van der Waals surface area contributed by atoms with Crippen LogP contribution in [0.5, 0.6) is 0 Å². The predicted molar refractivity (Wildman–Crippen MR) is 167 cm³/mol. The number of aliphatic hydroxyl groups is 2. The van der Waals surface area contributed by atoms with E-state index in [9.17, 15) is 33.0 Å². The van der Waals surface area contributed by atoms with Gasteiger partial charge in [-0.1, -0.05) is 42.8 Å². The van der Waals surface area contributed by atoms with Gasteiger partial charge in [0.25, 0.3) is 0 Å². The van der Waals surface area contributed by atoms with Crippen LogP contribution in [0.15, 0.2) is 54.1 Å². The summed E-state index contributed by atoms with van der Waals surface area (Å²) in [6.45, 7) is 8.72. The van der Waals surface area contributed by atoms with Crippen molar-refractivity contribution >= 4 is 11.7 Å². The minimum Gasteiger partial charge on any atom is -0.393 e. The summed E-state index contributed by atoms with van der Waals surface area (Å²) < 4.78 is 40.8. The Labute approximate surface area is 263 Å². The molecule has 3 aliphatic carbocycles. The number of aliphatic hydroxyl groups excluding tert-OH is 1. The highest BCUT2D eigenvalue weighted by Crippen LogP contribution is 2.59. The van der Waals surface area contributed by atoms with Gasteiger partial charge < -0.3 is 15.1 Å². The molecule has 4 aliphatic rings. The molecule has 1 amide bonds. The van der Waals surface area contributed by atoms with E-state index >= 15 is 0 Å². The van der Waals surface area contributed by atoms with Crippen molar-refractivity contribution in [1.29, 1.82) is 0 Å². The number of hydrogen-bond donors (Lipinski definition) is 2. The van der Waals surface area contributed by atoms with E-state index in [1.165, 1.54) is 17.7 Å². The van der Waals surface area contributed by atoms with Gasteiger partial charge in [0.1, 0.15) is 0 Å². The van der Waals surface area contributed by atoms with E-state index in [4.69, 9.17) is 0 Å². The normalized spacial score (nSPS) is 28.4. The van der Waals surface area contributed by atoms with Gasteiger partial charge in [-0.3, -0.25) is 14.5 Å². The average molecular weight is 627 g/mol. The van der Waals surface area contributed by atoms with Crippen LogP contribution in [0.2, 0.25) is 0 Å². The van der Waals surface area contributed by atoms with Crippen LogP contribution in [0.4, 0.5) is 13.2 Å². The maximum absolute atomic E-state index is 14.1. The average Bonchev–Trinajstić information content (AvgIpc) is 3.24. The Morgan fingerprint density at radius 3 is 2.44 bits per heavy atom. The number of amides is 1. The maximum atomic E-state index is 14.1. The van der Waals surface area contributed by atoms with E-state index in [0.29, 0.717) is 76.8 Å². The van der Waals surface area contributed by atoms with E-state index < -0.39 is 34.6 Å². The Hall–Kier alpha value is -3.01. The Morgan fingerprint density at radius 1 is 1.02 bits per heavy atom. The lowest BCUT2D eigenvalue weighted by atomic mass is 9.64. The first-order valence-corrected chi connectivity index (χ1v) is 16.1. The third kappa shape index (κ3) is 7.05. The molecule has 6 nitrogen and oxygen atoms in total. The van der Waals surface area contributed by atoms with Crippen LogP contribution < -0.4 is 0 Å². The summed E-state index contributed by atoms with van der Waals surface area (Å²) in [7, 11) is 0. The molecule has 6 rings (SSSR count). The van der Waals surface area contributed by atoms with Gasteiger partial charge in [0.2, 0.25) is 5.91 Å². The van der Waals surface area contributed by atoms with Crippen LogP contribution in [-0.4, -0.2) is 76.1 Å². The fourth-order valence-corrected chi connectivity index (χ4v) is 7.78. The van der Waals surface area contributed by atoms with Gasteiger partial charge >= 0.3 is 6.18 Å². The lowest BCUT2D eigenvalue weighted by Crippen LogP contribution is -2.57. The molecule has 2 fully saturated rings.